The molecule has 0 aromatic carbocycles. The van der Waals surface area contributed by atoms with Crippen LogP contribution in [-0.4, -0.2) is 69.5 Å². The lowest BCUT2D eigenvalue weighted by atomic mass is 10.1. The fourth-order valence-electron chi connectivity index (χ4n) is 1.87. The number of methoxy groups -OCH3 is 1. The summed E-state index contributed by atoms with van der Waals surface area (Å²) in [5.74, 6) is 0. The lowest BCUT2D eigenvalue weighted by Crippen LogP contribution is -2.59. The van der Waals surface area contributed by atoms with Gasteiger partial charge < -0.3 is 10.1 Å². The number of rotatable bonds is 5. The van der Waals surface area contributed by atoms with Gasteiger partial charge in [0.25, 0.3) is 10.2 Å². The van der Waals surface area contributed by atoms with Gasteiger partial charge >= 0.3 is 0 Å². The molecule has 0 spiro atoms. The van der Waals surface area contributed by atoms with E-state index in [1.54, 1.807) is 18.5 Å². The van der Waals surface area contributed by atoms with E-state index in [4.69, 9.17) is 4.74 Å². The summed E-state index contributed by atoms with van der Waals surface area (Å²) in [7, 11) is -0.213. The third kappa shape index (κ3) is 3.38. The minimum absolute atomic E-state index is 0.0289. The molecule has 2 atom stereocenters. The molecule has 0 bridgehead atoms. The van der Waals surface area contributed by atoms with Crippen LogP contribution in [0.15, 0.2) is 0 Å². The van der Waals surface area contributed by atoms with E-state index < -0.39 is 10.2 Å². The highest BCUT2D eigenvalue weighted by atomic mass is 32.2. The van der Waals surface area contributed by atoms with Crippen LogP contribution in [0.3, 0.4) is 0 Å². The van der Waals surface area contributed by atoms with E-state index in [9.17, 15) is 8.42 Å². The monoisotopic (exact) mass is 265 g/mol. The first kappa shape index (κ1) is 14.8. The molecule has 1 N–H and O–H groups in total. The van der Waals surface area contributed by atoms with Gasteiger partial charge in [-0.2, -0.15) is 17.0 Å². The van der Waals surface area contributed by atoms with Crippen LogP contribution < -0.4 is 5.32 Å². The first-order valence-electron chi connectivity index (χ1n) is 5.86. The molecule has 1 fully saturated rings. The zero-order chi connectivity index (χ0) is 13.1. The molecule has 6 nitrogen and oxygen atoms in total. The maximum absolute atomic E-state index is 12.3. The van der Waals surface area contributed by atoms with Crippen LogP contribution in [0.2, 0.25) is 0 Å². The van der Waals surface area contributed by atoms with Gasteiger partial charge in [-0.3, -0.25) is 0 Å². The molecule has 2 unspecified atom stereocenters. The van der Waals surface area contributed by atoms with Gasteiger partial charge in [0.05, 0.1) is 6.61 Å². The molecule has 0 aliphatic carbocycles. The van der Waals surface area contributed by atoms with Crippen molar-refractivity contribution in [3.63, 3.8) is 0 Å². The minimum atomic E-state index is -3.37. The van der Waals surface area contributed by atoms with Crippen LogP contribution in [0.4, 0.5) is 0 Å². The number of hydrogen-bond donors (Lipinski definition) is 1. The van der Waals surface area contributed by atoms with Crippen molar-refractivity contribution in [1.82, 2.24) is 13.9 Å². The van der Waals surface area contributed by atoms with E-state index in [1.165, 1.54) is 4.31 Å². The molecule has 102 valence electrons. The Morgan fingerprint density at radius 2 is 2.12 bits per heavy atom. The Morgan fingerprint density at radius 3 is 2.71 bits per heavy atom. The molecule has 0 amide bonds. The Morgan fingerprint density at radius 1 is 1.47 bits per heavy atom. The highest BCUT2D eigenvalue weighted by molar-refractivity contribution is 7.86. The lowest BCUT2D eigenvalue weighted by molar-refractivity contribution is 0.175. The third-order valence-corrected chi connectivity index (χ3v) is 5.35. The van der Waals surface area contributed by atoms with Gasteiger partial charge in [-0.1, -0.05) is 0 Å². The molecule has 1 aliphatic heterocycles. The molecule has 1 rings (SSSR count). The molecule has 0 aromatic rings. The Bertz CT molecular complexity index is 334. The van der Waals surface area contributed by atoms with Gasteiger partial charge in [0.15, 0.2) is 0 Å². The van der Waals surface area contributed by atoms with Gasteiger partial charge in [0, 0.05) is 45.9 Å². The topological polar surface area (TPSA) is 61.9 Å². The number of piperazine rings is 1. The van der Waals surface area contributed by atoms with Crippen molar-refractivity contribution >= 4 is 10.2 Å². The van der Waals surface area contributed by atoms with Crippen molar-refractivity contribution in [3.8, 4) is 0 Å². The molecule has 7 heteroatoms. The highest BCUT2D eigenvalue weighted by Crippen LogP contribution is 2.16. The average Bonchev–Trinajstić information content (AvgIpc) is 2.29. The SMILES string of the molecule is COCCN(C)S(=O)(=O)N1CCNC(C)C1C. The van der Waals surface area contributed by atoms with Crippen LogP contribution in [0.5, 0.6) is 0 Å². The normalized spacial score (nSPS) is 27.6. The van der Waals surface area contributed by atoms with E-state index in [-0.39, 0.29) is 12.1 Å². The second-order valence-corrected chi connectivity index (χ2v) is 6.40. The van der Waals surface area contributed by atoms with Crippen molar-refractivity contribution in [1.29, 1.82) is 0 Å². The van der Waals surface area contributed by atoms with Gasteiger partial charge in [0.1, 0.15) is 0 Å². The highest BCUT2D eigenvalue weighted by Gasteiger charge is 2.35. The van der Waals surface area contributed by atoms with E-state index >= 15 is 0 Å². The quantitative estimate of drug-likeness (QED) is 0.727. The number of nitrogens with zero attached hydrogens (tertiary/aromatic N) is 2. The van der Waals surface area contributed by atoms with Crippen molar-refractivity contribution in [3.05, 3.63) is 0 Å². The average molecular weight is 265 g/mol. The van der Waals surface area contributed by atoms with Gasteiger partial charge in [-0.25, -0.2) is 0 Å². The molecular formula is C10H23N3O3S. The predicted molar refractivity (Wildman–Crippen MR) is 67.1 cm³/mol. The summed E-state index contributed by atoms with van der Waals surface area (Å²) in [4.78, 5) is 0. The summed E-state index contributed by atoms with van der Waals surface area (Å²) in [5, 5.41) is 3.27. The predicted octanol–water partition coefficient (Wildman–Crippen LogP) is -0.508. The molecule has 1 heterocycles. The Labute approximate surface area is 104 Å². The van der Waals surface area contributed by atoms with E-state index in [2.05, 4.69) is 5.32 Å². The van der Waals surface area contributed by atoms with Gasteiger partial charge in [-0.15, -0.1) is 0 Å². The van der Waals surface area contributed by atoms with Crippen molar-refractivity contribution in [2.24, 2.45) is 0 Å². The summed E-state index contributed by atoms with van der Waals surface area (Å²) in [6, 6.07) is 0.146. The fourth-order valence-corrected chi connectivity index (χ4v) is 3.45. The van der Waals surface area contributed by atoms with Crippen LogP contribution in [0.1, 0.15) is 13.8 Å². The molecule has 1 aliphatic rings. The number of nitrogens with one attached hydrogen (secondary N) is 1. The van der Waals surface area contributed by atoms with E-state index in [0.717, 1.165) is 0 Å². The smallest absolute Gasteiger partial charge is 0.282 e. The Kier molecular flexibility index (Phi) is 5.33. The Hall–Kier alpha value is -0.210. The summed E-state index contributed by atoms with van der Waals surface area (Å²) in [5.41, 5.74) is 0. The van der Waals surface area contributed by atoms with Crippen LogP contribution in [0, 0.1) is 0 Å². The fraction of sp³-hybridized carbons (Fsp3) is 1.00. The van der Waals surface area contributed by atoms with Crippen LogP contribution >= 0.6 is 0 Å². The largest absolute Gasteiger partial charge is 0.383 e. The van der Waals surface area contributed by atoms with Gasteiger partial charge in [-0.05, 0) is 13.8 Å². The molecular weight excluding hydrogens is 242 g/mol. The standard InChI is InChI=1S/C10H23N3O3S/c1-9-10(2)13(6-5-11-9)17(14,15)12(3)7-8-16-4/h9-11H,5-8H2,1-4H3. The molecule has 0 radical (unpaired) electrons. The van der Waals surface area contributed by atoms with Crippen LogP contribution in [0.25, 0.3) is 0 Å². The number of hydrogen-bond acceptors (Lipinski definition) is 4. The van der Waals surface area contributed by atoms with Crippen molar-refractivity contribution < 1.29 is 13.2 Å². The van der Waals surface area contributed by atoms with Crippen molar-refractivity contribution in [2.45, 2.75) is 25.9 Å². The van der Waals surface area contributed by atoms with E-state index in [1.807, 2.05) is 13.8 Å². The maximum atomic E-state index is 12.3. The lowest BCUT2D eigenvalue weighted by Gasteiger charge is -2.39. The molecule has 17 heavy (non-hydrogen) atoms. The zero-order valence-corrected chi connectivity index (χ0v) is 11.8. The minimum Gasteiger partial charge on any atom is -0.383 e. The summed E-state index contributed by atoms with van der Waals surface area (Å²) in [6.45, 7) is 5.93. The molecule has 0 saturated carbocycles. The Balaban J connectivity index is 2.74. The molecule has 1 saturated heterocycles. The first-order valence-corrected chi connectivity index (χ1v) is 7.26. The van der Waals surface area contributed by atoms with E-state index in [0.29, 0.717) is 26.2 Å². The summed E-state index contributed by atoms with van der Waals surface area (Å²) >= 11 is 0. The van der Waals surface area contributed by atoms with Crippen molar-refractivity contribution in [2.75, 3.05) is 40.4 Å². The first-order chi connectivity index (χ1) is 7.91. The summed E-state index contributed by atoms with van der Waals surface area (Å²) < 4.78 is 32.4. The second-order valence-electron chi connectivity index (χ2n) is 4.42. The third-order valence-electron chi connectivity index (χ3n) is 3.28. The number of ether oxygens (including phenoxy) is 1. The molecule has 0 aromatic heterocycles. The summed E-state index contributed by atoms with van der Waals surface area (Å²) in [6.07, 6.45) is 0. The number of likely N-dealkylation sites (N-methyl/N-ethyl adjacent to an activating group) is 1. The maximum Gasteiger partial charge on any atom is 0.282 e. The van der Waals surface area contributed by atoms with Crippen LogP contribution in [-0.2, 0) is 14.9 Å². The zero-order valence-electron chi connectivity index (χ0n) is 11.0. The second kappa shape index (κ2) is 6.10. The van der Waals surface area contributed by atoms with Gasteiger partial charge in [0.2, 0.25) is 0 Å².